The Balaban J connectivity index is 2.09. The third-order valence-corrected chi connectivity index (χ3v) is 5.08. The molecule has 2 unspecified atom stereocenters. The van der Waals surface area contributed by atoms with Crippen molar-refractivity contribution in [1.29, 1.82) is 0 Å². The van der Waals surface area contributed by atoms with Crippen LogP contribution in [0.4, 0.5) is 0 Å². The summed E-state index contributed by atoms with van der Waals surface area (Å²) in [5.74, 6) is 1.02. The van der Waals surface area contributed by atoms with E-state index in [-0.39, 0.29) is 10.9 Å². The normalized spacial score (nSPS) is 23.5. The van der Waals surface area contributed by atoms with E-state index < -0.39 is 10.0 Å². The molecular formula is C14H22N2O3S. The van der Waals surface area contributed by atoms with Gasteiger partial charge in [-0.1, -0.05) is 6.92 Å². The largest absolute Gasteiger partial charge is 0.494 e. The van der Waals surface area contributed by atoms with E-state index in [1.807, 2.05) is 6.92 Å². The molecule has 1 aromatic rings. The monoisotopic (exact) mass is 298 g/mol. The molecule has 1 fully saturated rings. The molecule has 2 rings (SSSR count). The van der Waals surface area contributed by atoms with Crippen LogP contribution in [-0.2, 0) is 10.0 Å². The van der Waals surface area contributed by atoms with Crippen molar-refractivity contribution in [3.8, 4) is 5.75 Å². The van der Waals surface area contributed by atoms with Gasteiger partial charge in [0.15, 0.2) is 0 Å². The van der Waals surface area contributed by atoms with Crippen LogP contribution in [0.1, 0.15) is 20.3 Å². The molecule has 0 aromatic heterocycles. The summed E-state index contributed by atoms with van der Waals surface area (Å²) in [5, 5.41) is 3.22. The Labute approximate surface area is 120 Å². The summed E-state index contributed by atoms with van der Waals surface area (Å²) >= 11 is 0. The van der Waals surface area contributed by atoms with Gasteiger partial charge in [-0.25, -0.2) is 13.1 Å². The Morgan fingerprint density at radius 1 is 1.35 bits per heavy atom. The van der Waals surface area contributed by atoms with Gasteiger partial charge >= 0.3 is 0 Å². The lowest BCUT2D eigenvalue weighted by atomic mass is 9.96. The highest BCUT2D eigenvalue weighted by Crippen LogP contribution is 2.18. The second-order valence-corrected chi connectivity index (χ2v) is 6.82. The molecule has 2 atom stereocenters. The van der Waals surface area contributed by atoms with E-state index in [9.17, 15) is 8.42 Å². The van der Waals surface area contributed by atoms with Crippen molar-refractivity contribution in [1.82, 2.24) is 10.0 Å². The standard InChI is InChI=1S/C14H22N2O3S/c1-3-19-12-4-6-13(7-5-12)20(17,18)16-14-10-15-9-8-11(14)2/h4-7,11,14-16H,3,8-10H2,1-2H3. The molecule has 0 bridgehead atoms. The van der Waals surface area contributed by atoms with Gasteiger partial charge < -0.3 is 10.1 Å². The van der Waals surface area contributed by atoms with Crippen molar-refractivity contribution >= 4 is 10.0 Å². The van der Waals surface area contributed by atoms with Gasteiger partial charge in [0.05, 0.1) is 11.5 Å². The SMILES string of the molecule is CCOc1ccc(S(=O)(=O)NC2CNCCC2C)cc1. The molecule has 1 saturated heterocycles. The third kappa shape index (κ3) is 3.71. The summed E-state index contributed by atoms with van der Waals surface area (Å²) in [6.07, 6.45) is 0.983. The van der Waals surface area contributed by atoms with Crippen LogP contribution in [0.2, 0.25) is 0 Å². The van der Waals surface area contributed by atoms with Crippen LogP contribution in [0, 0.1) is 5.92 Å². The number of hydrogen-bond acceptors (Lipinski definition) is 4. The molecule has 1 aromatic carbocycles. The van der Waals surface area contributed by atoms with E-state index in [0.29, 0.717) is 24.8 Å². The van der Waals surface area contributed by atoms with Crippen molar-refractivity contribution in [3.05, 3.63) is 24.3 Å². The topological polar surface area (TPSA) is 67.4 Å². The van der Waals surface area contributed by atoms with Gasteiger partial charge in [0.1, 0.15) is 5.75 Å². The van der Waals surface area contributed by atoms with Gasteiger partial charge in [-0.05, 0) is 50.1 Å². The Kier molecular flexibility index (Phi) is 5.01. The molecule has 1 aliphatic rings. The Morgan fingerprint density at radius 3 is 2.65 bits per heavy atom. The molecule has 0 aliphatic carbocycles. The third-order valence-electron chi connectivity index (χ3n) is 3.58. The highest BCUT2D eigenvalue weighted by atomic mass is 32.2. The van der Waals surface area contributed by atoms with Gasteiger partial charge in [0.25, 0.3) is 0 Å². The van der Waals surface area contributed by atoms with Crippen molar-refractivity contribution in [2.75, 3.05) is 19.7 Å². The molecule has 5 nitrogen and oxygen atoms in total. The van der Waals surface area contributed by atoms with E-state index in [2.05, 4.69) is 17.0 Å². The number of rotatable bonds is 5. The van der Waals surface area contributed by atoms with E-state index >= 15 is 0 Å². The smallest absolute Gasteiger partial charge is 0.240 e. The average Bonchev–Trinajstić information content (AvgIpc) is 2.42. The van der Waals surface area contributed by atoms with Crippen molar-refractivity contribution in [2.45, 2.75) is 31.2 Å². The molecule has 0 spiro atoms. The van der Waals surface area contributed by atoms with Crippen LogP contribution in [0.5, 0.6) is 5.75 Å². The molecule has 2 N–H and O–H groups in total. The lowest BCUT2D eigenvalue weighted by Crippen LogP contribution is -2.50. The van der Waals surface area contributed by atoms with Crippen LogP contribution < -0.4 is 14.8 Å². The minimum Gasteiger partial charge on any atom is -0.494 e. The average molecular weight is 298 g/mol. The first-order valence-corrected chi connectivity index (χ1v) is 8.47. The molecule has 20 heavy (non-hydrogen) atoms. The van der Waals surface area contributed by atoms with Gasteiger partial charge in [0.2, 0.25) is 10.0 Å². The Morgan fingerprint density at radius 2 is 2.05 bits per heavy atom. The van der Waals surface area contributed by atoms with Crippen molar-refractivity contribution in [3.63, 3.8) is 0 Å². The van der Waals surface area contributed by atoms with Crippen LogP contribution in [0.15, 0.2) is 29.2 Å². The predicted molar refractivity (Wildman–Crippen MR) is 78.4 cm³/mol. The fourth-order valence-electron chi connectivity index (χ4n) is 2.30. The number of ether oxygens (including phenoxy) is 1. The lowest BCUT2D eigenvalue weighted by molar-refractivity contribution is 0.327. The lowest BCUT2D eigenvalue weighted by Gasteiger charge is -2.29. The number of piperidine rings is 1. The van der Waals surface area contributed by atoms with Crippen LogP contribution >= 0.6 is 0 Å². The quantitative estimate of drug-likeness (QED) is 0.861. The molecule has 6 heteroatoms. The number of hydrogen-bond donors (Lipinski definition) is 2. The molecule has 0 radical (unpaired) electrons. The summed E-state index contributed by atoms with van der Waals surface area (Å²) in [6, 6.07) is 6.46. The zero-order valence-corrected chi connectivity index (χ0v) is 12.7. The second-order valence-electron chi connectivity index (χ2n) is 5.10. The first-order valence-electron chi connectivity index (χ1n) is 6.99. The maximum Gasteiger partial charge on any atom is 0.240 e. The highest BCUT2D eigenvalue weighted by Gasteiger charge is 2.26. The minimum absolute atomic E-state index is 0.0553. The zero-order chi connectivity index (χ0) is 14.6. The number of nitrogens with one attached hydrogen (secondary N) is 2. The summed E-state index contributed by atoms with van der Waals surface area (Å²) in [4.78, 5) is 0.277. The van der Waals surface area contributed by atoms with E-state index in [1.54, 1.807) is 24.3 Å². The fourth-order valence-corrected chi connectivity index (χ4v) is 3.64. The molecule has 0 amide bonds. The summed E-state index contributed by atoms with van der Waals surface area (Å²) < 4.78 is 32.8. The molecule has 0 saturated carbocycles. The first kappa shape index (κ1) is 15.3. The maximum atomic E-state index is 12.3. The molecule has 112 valence electrons. The summed E-state index contributed by atoms with van der Waals surface area (Å²) in [7, 11) is -3.47. The van der Waals surface area contributed by atoms with Crippen LogP contribution in [-0.4, -0.2) is 34.2 Å². The van der Waals surface area contributed by atoms with E-state index in [4.69, 9.17) is 4.74 Å². The van der Waals surface area contributed by atoms with Gasteiger partial charge in [-0.15, -0.1) is 0 Å². The summed E-state index contributed by atoms with van der Waals surface area (Å²) in [5.41, 5.74) is 0. The number of benzene rings is 1. The second kappa shape index (κ2) is 6.56. The maximum absolute atomic E-state index is 12.3. The van der Waals surface area contributed by atoms with Crippen molar-refractivity contribution < 1.29 is 13.2 Å². The van der Waals surface area contributed by atoms with Crippen molar-refractivity contribution in [2.24, 2.45) is 5.92 Å². The molecule has 1 heterocycles. The zero-order valence-electron chi connectivity index (χ0n) is 11.9. The minimum atomic E-state index is -3.47. The Bertz CT molecular complexity index is 528. The Hall–Kier alpha value is -1.11. The first-order chi connectivity index (χ1) is 9.53. The fraction of sp³-hybridized carbons (Fsp3) is 0.571. The van der Waals surface area contributed by atoms with Gasteiger partial charge in [0, 0.05) is 12.6 Å². The van der Waals surface area contributed by atoms with Gasteiger partial charge in [-0.2, -0.15) is 0 Å². The van der Waals surface area contributed by atoms with Crippen LogP contribution in [0.25, 0.3) is 0 Å². The predicted octanol–water partition coefficient (Wildman–Crippen LogP) is 1.36. The highest BCUT2D eigenvalue weighted by molar-refractivity contribution is 7.89. The number of sulfonamides is 1. The summed E-state index contributed by atoms with van der Waals surface area (Å²) in [6.45, 7) is 6.16. The van der Waals surface area contributed by atoms with Gasteiger partial charge in [-0.3, -0.25) is 0 Å². The van der Waals surface area contributed by atoms with E-state index in [0.717, 1.165) is 13.0 Å². The van der Waals surface area contributed by atoms with Crippen LogP contribution in [0.3, 0.4) is 0 Å². The van der Waals surface area contributed by atoms with E-state index in [1.165, 1.54) is 0 Å². The molecular weight excluding hydrogens is 276 g/mol. The molecule has 1 aliphatic heterocycles.